The summed E-state index contributed by atoms with van der Waals surface area (Å²) in [6.45, 7) is 4.51. The number of hydrogen-bond donors (Lipinski definition) is 3. The molecule has 5 nitrogen and oxygen atoms in total. The maximum atomic E-state index is 10.4. The van der Waals surface area contributed by atoms with Crippen molar-refractivity contribution in [2.75, 3.05) is 6.54 Å². The Morgan fingerprint density at radius 3 is 2.22 bits per heavy atom. The predicted molar refractivity (Wildman–Crippen MR) is 71.4 cm³/mol. The van der Waals surface area contributed by atoms with Crippen molar-refractivity contribution in [2.24, 2.45) is 11.5 Å². The van der Waals surface area contributed by atoms with Gasteiger partial charge >= 0.3 is 0 Å². The van der Waals surface area contributed by atoms with Crippen LogP contribution in [0.15, 0.2) is 43.0 Å². The molecule has 5 N–H and O–H groups in total. The molecule has 1 rings (SSSR count). The molecule has 1 aromatic rings. The highest BCUT2D eigenvalue weighted by Crippen LogP contribution is 1.96. The molecular formula is C13H19N3O2. The Kier molecular flexibility index (Phi) is 8.85. The molecule has 0 saturated heterocycles. The van der Waals surface area contributed by atoms with Gasteiger partial charge in [-0.2, -0.15) is 0 Å². The van der Waals surface area contributed by atoms with Crippen molar-refractivity contribution < 1.29 is 9.59 Å². The second kappa shape index (κ2) is 10.0. The van der Waals surface area contributed by atoms with E-state index in [2.05, 4.69) is 17.6 Å². The van der Waals surface area contributed by atoms with Gasteiger partial charge in [-0.25, -0.2) is 0 Å². The van der Waals surface area contributed by atoms with Crippen LogP contribution in [-0.2, 0) is 16.1 Å². The molecule has 0 aliphatic carbocycles. The lowest BCUT2D eigenvalue weighted by atomic mass is 10.2. The van der Waals surface area contributed by atoms with Crippen molar-refractivity contribution in [1.82, 2.24) is 5.32 Å². The van der Waals surface area contributed by atoms with Gasteiger partial charge in [-0.15, -0.1) is 0 Å². The first-order chi connectivity index (χ1) is 8.56. The van der Waals surface area contributed by atoms with Crippen molar-refractivity contribution in [2.45, 2.75) is 13.0 Å². The molecule has 0 aliphatic heterocycles. The molecule has 0 spiro atoms. The number of carbonyl (C=O) groups excluding carboxylic acids is 2. The van der Waals surface area contributed by atoms with Crippen LogP contribution in [0.3, 0.4) is 0 Å². The Labute approximate surface area is 107 Å². The lowest BCUT2D eigenvalue weighted by Gasteiger charge is -2.02. The average Bonchev–Trinajstić information content (AvgIpc) is 2.36. The number of nitrogens with one attached hydrogen (secondary N) is 1. The van der Waals surface area contributed by atoms with Gasteiger partial charge in [-0.3, -0.25) is 9.59 Å². The van der Waals surface area contributed by atoms with E-state index >= 15 is 0 Å². The molecule has 0 aromatic heterocycles. The predicted octanol–water partition coefficient (Wildman–Crippen LogP) is 0.309. The number of hydrogen-bond acceptors (Lipinski definition) is 3. The standard InChI is InChI=1S/C10H14N2O.C3H5NO/c11-10(13)6-7-12-8-9-4-2-1-3-5-9;1-2-3(4)5/h1-5,12H,6-8H2,(H2,11,13);2H,1H2,(H2,4,5). The van der Waals surface area contributed by atoms with E-state index in [9.17, 15) is 9.59 Å². The normalized spacial score (nSPS) is 8.89. The molecule has 5 heteroatoms. The fourth-order valence-electron chi connectivity index (χ4n) is 1.04. The van der Waals surface area contributed by atoms with Crippen molar-refractivity contribution >= 4 is 11.8 Å². The molecule has 1 aromatic carbocycles. The van der Waals surface area contributed by atoms with Gasteiger partial charge in [0.2, 0.25) is 11.8 Å². The monoisotopic (exact) mass is 249 g/mol. The van der Waals surface area contributed by atoms with Crippen molar-refractivity contribution in [3.05, 3.63) is 48.6 Å². The lowest BCUT2D eigenvalue weighted by Crippen LogP contribution is -2.21. The van der Waals surface area contributed by atoms with Crippen LogP contribution in [-0.4, -0.2) is 18.4 Å². The van der Waals surface area contributed by atoms with Gasteiger partial charge in [0.05, 0.1) is 0 Å². The largest absolute Gasteiger partial charge is 0.370 e. The molecule has 0 saturated carbocycles. The summed E-state index contributed by atoms with van der Waals surface area (Å²) in [5.74, 6) is -0.745. The van der Waals surface area contributed by atoms with Crippen LogP contribution in [0.2, 0.25) is 0 Å². The fourth-order valence-corrected chi connectivity index (χ4v) is 1.04. The Balaban J connectivity index is 0.000000494. The number of carbonyl (C=O) groups is 2. The third-order valence-corrected chi connectivity index (χ3v) is 1.92. The quantitative estimate of drug-likeness (QED) is 0.500. The SMILES string of the molecule is C=CC(N)=O.NC(=O)CCNCc1ccccc1. The maximum Gasteiger partial charge on any atom is 0.240 e. The summed E-state index contributed by atoms with van der Waals surface area (Å²) in [6.07, 6.45) is 1.45. The maximum absolute atomic E-state index is 10.4. The number of nitrogens with two attached hydrogens (primary N) is 2. The second-order valence-electron chi connectivity index (χ2n) is 3.49. The smallest absolute Gasteiger partial charge is 0.240 e. The summed E-state index contributed by atoms with van der Waals surface area (Å²) in [5.41, 5.74) is 10.7. The number of primary amides is 2. The lowest BCUT2D eigenvalue weighted by molar-refractivity contribution is -0.118. The van der Waals surface area contributed by atoms with E-state index in [1.165, 1.54) is 5.56 Å². The van der Waals surface area contributed by atoms with Gasteiger partial charge in [0.25, 0.3) is 0 Å². The Bertz CT molecular complexity index is 377. The molecule has 0 aliphatic rings. The fraction of sp³-hybridized carbons (Fsp3) is 0.231. The molecular weight excluding hydrogens is 230 g/mol. The van der Waals surface area contributed by atoms with Gasteiger partial charge in [-0.05, 0) is 11.6 Å². The van der Waals surface area contributed by atoms with E-state index in [1.54, 1.807) is 0 Å². The number of amides is 2. The van der Waals surface area contributed by atoms with Crippen LogP contribution in [0.5, 0.6) is 0 Å². The van der Waals surface area contributed by atoms with Crippen LogP contribution in [0, 0.1) is 0 Å². The molecule has 18 heavy (non-hydrogen) atoms. The minimum atomic E-state index is -0.481. The van der Waals surface area contributed by atoms with Gasteiger partial charge in [0.15, 0.2) is 0 Å². The van der Waals surface area contributed by atoms with Crippen molar-refractivity contribution in [3.8, 4) is 0 Å². The van der Waals surface area contributed by atoms with E-state index in [0.29, 0.717) is 13.0 Å². The first-order valence-electron chi connectivity index (χ1n) is 5.51. The summed E-state index contributed by atoms with van der Waals surface area (Å²) in [5, 5.41) is 3.13. The van der Waals surface area contributed by atoms with E-state index in [0.717, 1.165) is 12.6 Å². The van der Waals surface area contributed by atoms with Crippen LogP contribution < -0.4 is 16.8 Å². The van der Waals surface area contributed by atoms with E-state index in [4.69, 9.17) is 5.73 Å². The third kappa shape index (κ3) is 10.4. The van der Waals surface area contributed by atoms with Crippen molar-refractivity contribution in [1.29, 1.82) is 0 Å². The highest BCUT2D eigenvalue weighted by molar-refractivity contribution is 5.84. The van der Waals surface area contributed by atoms with E-state index in [1.807, 2.05) is 30.3 Å². The summed E-state index contributed by atoms with van der Waals surface area (Å²) in [4.78, 5) is 19.9. The van der Waals surface area contributed by atoms with Gasteiger partial charge in [0, 0.05) is 19.5 Å². The van der Waals surface area contributed by atoms with Crippen LogP contribution in [0.25, 0.3) is 0 Å². The zero-order chi connectivity index (χ0) is 13.8. The first-order valence-corrected chi connectivity index (χ1v) is 5.51. The molecule has 0 heterocycles. The Morgan fingerprint density at radius 2 is 1.78 bits per heavy atom. The average molecular weight is 249 g/mol. The van der Waals surface area contributed by atoms with Crippen LogP contribution >= 0.6 is 0 Å². The minimum Gasteiger partial charge on any atom is -0.370 e. The molecule has 2 amide bonds. The Hall–Kier alpha value is -2.14. The molecule has 0 fully saturated rings. The summed E-state index contributed by atoms with van der Waals surface area (Å²) in [6, 6.07) is 10.0. The van der Waals surface area contributed by atoms with Crippen LogP contribution in [0.4, 0.5) is 0 Å². The van der Waals surface area contributed by atoms with Gasteiger partial charge in [-0.1, -0.05) is 36.9 Å². The summed E-state index contributed by atoms with van der Waals surface area (Å²) < 4.78 is 0. The molecule has 0 radical (unpaired) electrons. The van der Waals surface area contributed by atoms with Gasteiger partial charge < -0.3 is 16.8 Å². The molecule has 0 bridgehead atoms. The topological polar surface area (TPSA) is 98.2 Å². The van der Waals surface area contributed by atoms with Crippen LogP contribution in [0.1, 0.15) is 12.0 Å². The zero-order valence-electron chi connectivity index (χ0n) is 10.3. The minimum absolute atomic E-state index is 0.263. The molecule has 0 atom stereocenters. The second-order valence-corrected chi connectivity index (χ2v) is 3.49. The van der Waals surface area contributed by atoms with E-state index < -0.39 is 5.91 Å². The number of benzene rings is 1. The Morgan fingerprint density at radius 1 is 1.22 bits per heavy atom. The number of rotatable bonds is 6. The third-order valence-electron chi connectivity index (χ3n) is 1.92. The molecule has 0 unspecified atom stereocenters. The van der Waals surface area contributed by atoms with E-state index in [-0.39, 0.29) is 5.91 Å². The summed E-state index contributed by atoms with van der Waals surface area (Å²) in [7, 11) is 0. The molecule has 98 valence electrons. The summed E-state index contributed by atoms with van der Waals surface area (Å²) >= 11 is 0. The first kappa shape index (κ1) is 15.9. The van der Waals surface area contributed by atoms with Crippen molar-refractivity contribution in [3.63, 3.8) is 0 Å². The highest BCUT2D eigenvalue weighted by Gasteiger charge is 1.93. The zero-order valence-corrected chi connectivity index (χ0v) is 10.3. The highest BCUT2D eigenvalue weighted by atomic mass is 16.1. The van der Waals surface area contributed by atoms with Gasteiger partial charge in [0.1, 0.15) is 0 Å².